The highest BCUT2D eigenvalue weighted by Gasteiger charge is 2.18. The lowest BCUT2D eigenvalue weighted by atomic mass is 10.1. The van der Waals surface area contributed by atoms with E-state index < -0.39 is 10.0 Å². The van der Waals surface area contributed by atoms with Crippen molar-refractivity contribution in [1.29, 1.82) is 0 Å². The van der Waals surface area contributed by atoms with Gasteiger partial charge in [0.1, 0.15) is 0 Å². The zero-order chi connectivity index (χ0) is 23.3. The SMILES string of the molecule is Nc1ccccc1CS(=O)(=O)Nc1cnc2c(N)cccc2c1NCCCN1CCOCC1. The zero-order valence-corrected chi connectivity index (χ0v) is 19.3. The van der Waals surface area contributed by atoms with Crippen molar-refractivity contribution in [1.82, 2.24) is 9.88 Å². The van der Waals surface area contributed by atoms with Crippen LogP contribution in [0, 0.1) is 0 Å². The summed E-state index contributed by atoms with van der Waals surface area (Å²) in [7, 11) is -3.72. The molecule has 0 radical (unpaired) electrons. The van der Waals surface area contributed by atoms with Gasteiger partial charge in [0.25, 0.3) is 0 Å². The highest BCUT2D eigenvalue weighted by atomic mass is 32.2. The zero-order valence-electron chi connectivity index (χ0n) is 18.5. The van der Waals surface area contributed by atoms with E-state index in [-0.39, 0.29) is 5.75 Å². The van der Waals surface area contributed by atoms with E-state index in [4.69, 9.17) is 16.2 Å². The number of morpholine rings is 1. The van der Waals surface area contributed by atoms with E-state index in [1.165, 1.54) is 6.20 Å². The van der Waals surface area contributed by atoms with Crippen molar-refractivity contribution in [2.24, 2.45) is 0 Å². The molecule has 0 bridgehead atoms. The Balaban J connectivity index is 1.54. The molecule has 0 unspecified atom stereocenters. The van der Waals surface area contributed by atoms with Crippen LogP contribution in [0.1, 0.15) is 12.0 Å². The summed E-state index contributed by atoms with van der Waals surface area (Å²) in [5, 5.41) is 4.18. The Morgan fingerprint density at radius 3 is 2.58 bits per heavy atom. The van der Waals surface area contributed by atoms with Crippen LogP contribution in [0.3, 0.4) is 0 Å². The van der Waals surface area contributed by atoms with Crippen molar-refractivity contribution >= 4 is 43.7 Å². The summed E-state index contributed by atoms with van der Waals surface area (Å²) in [5.74, 6) is -0.231. The van der Waals surface area contributed by atoms with Crippen LogP contribution in [-0.2, 0) is 20.5 Å². The lowest BCUT2D eigenvalue weighted by molar-refractivity contribution is 0.0378. The van der Waals surface area contributed by atoms with Crippen molar-refractivity contribution in [3.8, 4) is 0 Å². The number of hydrogen-bond acceptors (Lipinski definition) is 8. The van der Waals surface area contributed by atoms with Crippen LogP contribution in [0.25, 0.3) is 10.9 Å². The molecule has 0 atom stereocenters. The molecule has 0 amide bonds. The first kappa shape index (κ1) is 23.1. The highest BCUT2D eigenvalue weighted by Crippen LogP contribution is 2.33. The molecule has 1 saturated heterocycles. The summed E-state index contributed by atoms with van der Waals surface area (Å²) in [6.45, 7) is 5.01. The smallest absolute Gasteiger partial charge is 0.237 e. The molecule has 1 aliphatic rings. The van der Waals surface area contributed by atoms with Gasteiger partial charge in [-0.1, -0.05) is 30.3 Å². The molecule has 4 rings (SSSR count). The van der Waals surface area contributed by atoms with Gasteiger partial charge in [-0.15, -0.1) is 0 Å². The maximum absolute atomic E-state index is 12.9. The number of rotatable bonds is 9. The van der Waals surface area contributed by atoms with Crippen molar-refractivity contribution in [3.05, 3.63) is 54.2 Å². The molecular weight excluding hydrogens is 440 g/mol. The summed E-state index contributed by atoms with van der Waals surface area (Å²) < 4.78 is 34.0. The number of aromatic nitrogens is 1. The number of nitrogen functional groups attached to an aromatic ring is 2. The number of pyridine rings is 1. The van der Waals surface area contributed by atoms with Gasteiger partial charge in [-0.25, -0.2) is 8.42 Å². The van der Waals surface area contributed by atoms with Gasteiger partial charge < -0.3 is 21.5 Å². The molecule has 33 heavy (non-hydrogen) atoms. The molecule has 2 heterocycles. The van der Waals surface area contributed by atoms with Crippen LogP contribution >= 0.6 is 0 Å². The minimum atomic E-state index is -3.72. The lowest BCUT2D eigenvalue weighted by Gasteiger charge is -2.26. The summed E-state index contributed by atoms with van der Waals surface area (Å²) >= 11 is 0. The quantitative estimate of drug-likeness (QED) is 0.277. The van der Waals surface area contributed by atoms with Crippen LogP contribution in [0.4, 0.5) is 22.7 Å². The molecule has 1 aromatic heterocycles. The van der Waals surface area contributed by atoms with E-state index in [1.807, 2.05) is 12.1 Å². The van der Waals surface area contributed by atoms with Gasteiger partial charge in [0.05, 0.1) is 47.7 Å². The predicted molar refractivity (Wildman–Crippen MR) is 134 cm³/mol. The molecule has 3 aromatic rings. The molecule has 176 valence electrons. The van der Waals surface area contributed by atoms with Crippen molar-refractivity contribution in [2.75, 3.05) is 60.9 Å². The van der Waals surface area contributed by atoms with Crippen molar-refractivity contribution in [2.45, 2.75) is 12.2 Å². The molecular formula is C23H30N6O3S. The number of fused-ring (bicyclic) bond motifs is 1. The number of sulfonamides is 1. The first-order chi connectivity index (χ1) is 15.9. The number of nitrogens with two attached hydrogens (primary N) is 2. The Morgan fingerprint density at radius 2 is 1.79 bits per heavy atom. The maximum Gasteiger partial charge on any atom is 0.237 e. The fourth-order valence-electron chi connectivity index (χ4n) is 3.93. The van der Waals surface area contributed by atoms with E-state index in [1.54, 1.807) is 30.3 Å². The average Bonchev–Trinajstić information content (AvgIpc) is 2.80. The van der Waals surface area contributed by atoms with Gasteiger partial charge in [0.15, 0.2) is 0 Å². The minimum Gasteiger partial charge on any atom is -0.398 e. The topological polar surface area (TPSA) is 136 Å². The van der Waals surface area contributed by atoms with Crippen LogP contribution in [0.15, 0.2) is 48.7 Å². The molecule has 0 aliphatic carbocycles. The number of nitrogens with zero attached hydrogens (tertiary/aromatic N) is 2. The fourth-order valence-corrected chi connectivity index (χ4v) is 5.16. The van der Waals surface area contributed by atoms with E-state index in [9.17, 15) is 8.42 Å². The summed E-state index contributed by atoms with van der Waals surface area (Å²) in [6, 6.07) is 12.4. The van der Waals surface area contributed by atoms with Gasteiger partial charge in [0.2, 0.25) is 10.0 Å². The van der Waals surface area contributed by atoms with Gasteiger partial charge in [-0.2, -0.15) is 0 Å². The summed E-state index contributed by atoms with van der Waals surface area (Å²) in [5.41, 5.74) is 15.3. The second kappa shape index (κ2) is 10.2. The molecule has 2 aromatic carbocycles. The number of nitrogens with one attached hydrogen (secondary N) is 2. The number of benzene rings is 2. The Kier molecular flexibility index (Phi) is 7.17. The number of para-hydroxylation sites is 2. The van der Waals surface area contributed by atoms with Crippen LogP contribution < -0.4 is 21.5 Å². The molecule has 10 heteroatoms. The Labute approximate surface area is 194 Å². The largest absolute Gasteiger partial charge is 0.398 e. The second-order valence-corrected chi connectivity index (χ2v) is 9.81. The fraction of sp³-hybridized carbons (Fsp3) is 0.348. The van der Waals surface area contributed by atoms with Crippen molar-refractivity contribution < 1.29 is 13.2 Å². The molecule has 1 aliphatic heterocycles. The monoisotopic (exact) mass is 470 g/mol. The third-order valence-corrected chi connectivity index (χ3v) is 6.87. The molecule has 6 N–H and O–H groups in total. The summed E-state index contributed by atoms with van der Waals surface area (Å²) in [6.07, 6.45) is 2.41. The minimum absolute atomic E-state index is 0.231. The number of hydrogen-bond donors (Lipinski definition) is 4. The highest BCUT2D eigenvalue weighted by molar-refractivity contribution is 7.91. The lowest BCUT2D eigenvalue weighted by Crippen LogP contribution is -2.37. The number of ether oxygens (including phenoxy) is 1. The first-order valence-electron chi connectivity index (χ1n) is 11.0. The molecule has 0 spiro atoms. The van der Waals surface area contributed by atoms with Crippen LogP contribution in [0.2, 0.25) is 0 Å². The first-order valence-corrected chi connectivity index (χ1v) is 12.6. The van der Waals surface area contributed by atoms with Gasteiger partial charge in [-0.3, -0.25) is 14.6 Å². The van der Waals surface area contributed by atoms with Crippen molar-refractivity contribution in [3.63, 3.8) is 0 Å². The van der Waals surface area contributed by atoms with E-state index >= 15 is 0 Å². The Bertz CT molecular complexity index is 1210. The second-order valence-electron chi connectivity index (χ2n) is 8.08. The van der Waals surface area contributed by atoms with E-state index in [2.05, 4.69) is 19.9 Å². The average molecular weight is 471 g/mol. The summed E-state index contributed by atoms with van der Waals surface area (Å²) in [4.78, 5) is 6.78. The predicted octanol–water partition coefficient (Wildman–Crippen LogP) is 2.48. The van der Waals surface area contributed by atoms with Gasteiger partial charge >= 0.3 is 0 Å². The van der Waals surface area contributed by atoms with E-state index in [0.29, 0.717) is 40.4 Å². The standard InChI is InChI=1S/C23H30N6O3S/c24-19-7-2-1-5-17(19)16-33(30,31)28-21-15-27-22-18(6-3-8-20(22)25)23(21)26-9-4-10-29-11-13-32-14-12-29/h1-3,5-8,15,28H,4,9-14,16,24-25H2,(H,26,27). The van der Waals surface area contributed by atoms with E-state index in [0.717, 1.165) is 44.7 Å². The third kappa shape index (κ3) is 5.84. The van der Waals surface area contributed by atoms with Gasteiger partial charge in [0, 0.05) is 30.7 Å². The normalized spacial score (nSPS) is 14.9. The molecule has 0 saturated carbocycles. The molecule has 9 nitrogen and oxygen atoms in total. The third-order valence-electron chi connectivity index (χ3n) is 5.65. The number of anilines is 4. The maximum atomic E-state index is 12.9. The molecule has 1 fully saturated rings. The van der Waals surface area contributed by atoms with Crippen LogP contribution in [-0.4, -0.2) is 57.7 Å². The Morgan fingerprint density at radius 1 is 1.03 bits per heavy atom. The van der Waals surface area contributed by atoms with Crippen LogP contribution in [0.5, 0.6) is 0 Å². The van der Waals surface area contributed by atoms with Gasteiger partial charge in [-0.05, 0) is 30.7 Å². The Hall–Kier alpha value is -3.08.